The number of amides is 2. The van der Waals surface area contributed by atoms with E-state index in [0.29, 0.717) is 31.9 Å². The predicted molar refractivity (Wildman–Crippen MR) is 137 cm³/mol. The molecule has 2 aliphatic heterocycles. The van der Waals surface area contributed by atoms with Crippen LogP contribution >= 0.6 is 11.6 Å². The van der Waals surface area contributed by atoms with E-state index < -0.39 is 36.1 Å². The van der Waals surface area contributed by atoms with Crippen LogP contribution in [0.5, 0.6) is 0 Å². The van der Waals surface area contributed by atoms with E-state index in [1.165, 1.54) is 0 Å². The average Bonchev–Trinajstić information content (AvgIpc) is 3.36. The monoisotopic (exact) mass is 554 g/mol. The summed E-state index contributed by atoms with van der Waals surface area (Å²) in [6, 6.07) is 0. The molecule has 38 heavy (non-hydrogen) atoms. The zero-order valence-corrected chi connectivity index (χ0v) is 22.1. The number of halogens is 2. The van der Waals surface area contributed by atoms with Crippen LogP contribution < -0.4 is 21.1 Å². The number of aliphatic hydroxyl groups is 1. The van der Waals surface area contributed by atoms with E-state index in [0.717, 1.165) is 51.4 Å². The zero-order chi connectivity index (χ0) is 26.7. The number of hydrazine groups is 1. The van der Waals surface area contributed by atoms with E-state index in [4.69, 9.17) is 21.1 Å². The van der Waals surface area contributed by atoms with Gasteiger partial charge in [-0.3, -0.25) is 15.6 Å². The lowest BCUT2D eigenvalue weighted by Crippen LogP contribution is -2.43. The molecule has 4 N–H and O–H groups in total. The molecule has 0 bridgehead atoms. The Morgan fingerprint density at radius 1 is 1.21 bits per heavy atom. The summed E-state index contributed by atoms with van der Waals surface area (Å²) in [5.41, 5.74) is 4.90. The van der Waals surface area contributed by atoms with Crippen molar-refractivity contribution in [3.63, 3.8) is 0 Å². The second-order valence-electron chi connectivity index (χ2n) is 11.0. The summed E-state index contributed by atoms with van der Waals surface area (Å²) in [5.74, 6) is -1.63. The third kappa shape index (κ3) is 6.40. The molecule has 3 atom stereocenters. The first-order valence-electron chi connectivity index (χ1n) is 13.6. The summed E-state index contributed by atoms with van der Waals surface area (Å²) >= 11 is 6.08. The van der Waals surface area contributed by atoms with E-state index in [-0.39, 0.29) is 35.4 Å². The summed E-state index contributed by atoms with van der Waals surface area (Å²) in [6.45, 7) is 1.37. The number of hydrogen-bond donors (Lipinski definition) is 4. The van der Waals surface area contributed by atoms with E-state index in [1.54, 1.807) is 4.90 Å². The van der Waals surface area contributed by atoms with Crippen LogP contribution in [0.25, 0.3) is 0 Å². The minimum Gasteiger partial charge on any atom is -0.420 e. The highest BCUT2D eigenvalue weighted by Gasteiger charge is 2.55. The first-order valence-corrected chi connectivity index (χ1v) is 14.0. The molecule has 2 aliphatic carbocycles. The highest BCUT2D eigenvalue weighted by Crippen LogP contribution is 2.53. The Labute approximate surface area is 226 Å². The van der Waals surface area contributed by atoms with Gasteiger partial charge in [-0.15, -0.1) is 0 Å². The van der Waals surface area contributed by atoms with Gasteiger partial charge >= 0.3 is 6.09 Å². The Balaban J connectivity index is 1.20. The van der Waals surface area contributed by atoms with Gasteiger partial charge in [0.05, 0.1) is 18.6 Å². The number of rotatable bonds is 9. The van der Waals surface area contributed by atoms with Gasteiger partial charge in [0.1, 0.15) is 0 Å². The molecule has 1 aromatic rings. The smallest absolute Gasteiger partial charge is 0.409 e. The fourth-order valence-corrected chi connectivity index (χ4v) is 5.96. The van der Waals surface area contributed by atoms with Crippen molar-refractivity contribution in [2.75, 3.05) is 36.6 Å². The number of β-amino-alcohol motifs (C(OH)–C–C–N with tert-alkyl or cyclic N) is 1. The molecule has 1 aromatic heterocycles. The third-order valence-corrected chi connectivity index (χ3v) is 8.41. The number of nitrogens with zero attached hydrogens (tertiary/aromatic N) is 3. The fourth-order valence-electron chi connectivity index (χ4n) is 5.79. The molecule has 13 heteroatoms. The van der Waals surface area contributed by atoms with Gasteiger partial charge in [0, 0.05) is 31.5 Å². The summed E-state index contributed by atoms with van der Waals surface area (Å²) in [7, 11) is 0. The first kappa shape index (κ1) is 27.1. The largest absolute Gasteiger partial charge is 0.420 e. The molecule has 1 spiro atoms. The molecule has 5 rings (SSSR count). The number of carbonyl (C=O) groups excluding carboxylic acids is 2. The molecular weight excluding hydrogens is 519 g/mol. The molecule has 2 amide bonds. The minimum atomic E-state index is -0.763. The lowest BCUT2D eigenvalue weighted by molar-refractivity contribution is -0.127. The van der Waals surface area contributed by atoms with Gasteiger partial charge in [-0.25, -0.2) is 4.79 Å². The Morgan fingerprint density at radius 3 is 2.66 bits per heavy atom. The Morgan fingerprint density at radius 2 is 1.97 bits per heavy atom. The molecule has 2 saturated heterocycles. The SMILES string of the molecule is O=C(NC[C@@H](CC1CCCC1)C(=O)NNc1nc(Cl)nc(N2CC(O)C3(CC3)C2)c1F)OC1CCCCO1. The van der Waals surface area contributed by atoms with Gasteiger partial charge < -0.3 is 24.8 Å². The minimum absolute atomic E-state index is 0.0126. The number of aromatic nitrogens is 2. The summed E-state index contributed by atoms with van der Waals surface area (Å²) in [6.07, 6.45) is 7.43. The van der Waals surface area contributed by atoms with Crippen LogP contribution in [0, 0.1) is 23.1 Å². The lowest BCUT2D eigenvalue weighted by Gasteiger charge is -2.24. The quantitative estimate of drug-likeness (QED) is 0.268. The summed E-state index contributed by atoms with van der Waals surface area (Å²) in [4.78, 5) is 35.1. The first-order chi connectivity index (χ1) is 18.3. The number of alkyl carbamates (subject to hydrolysis) is 1. The van der Waals surface area contributed by atoms with Gasteiger partial charge in [-0.1, -0.05) is 25.7 Å². The average molecular weight is 555 g/mol. The van der Waals surface area contributed by atoms with Crippen LogP contribution in [0.1, 0.15) is 64.2 Å². The van der Waals surface area contributed by atoms with Crippen molar-refractivity contribution in [2.45, 2.75) is 76.6 Å². The molecular formula is C25H36ClFN6O5. The molecule has 2 saturated carbocycles. The van der Waals surface area contributed by atoms with Gasteiger partial charge in [0.15, 0.2) is 11.6 Å². The zero-order valence-electron chi connectivity index (χ0n) is 21.4. The number of anilines is 2. The van der Waals surface area contributed by atoms with E-state index in [2.05, 4.69) is 26.1 Å². The van der Waals surface area contributed by atoms with Crippen LogP contribution in [-0.4, -0.2) is 65.7 Å². The van der Waals surface area contributed by atoms with Crippen molar-refractivity contribution >= 4 is 35.2 Å². The second-order valence-corrected chi connectivity index (χ2v) is 11.4. The molecule has 11 nitrogen and oxygen atoms in total. The highest BCUT2D eigenvalue weighted by molar-refractivity contribution is 6.28. The molecule has 4 fully saturated rings. The molecule has 210 valence electrons. The Bertz CT molecular complexity index is 1020. The van der Waals surface area contributed by atoms with Gasteiger partial charge in [-0.2, -0.15) is 14.4 Å². The maximum absolute atomic E-state index is 15.4. The van der Waals surface area contributed by atoms with Crippen LogP contribution in [0.3, 0.4) is 0 Å². The van der Waals surface area contributed by atoms with Crippen molar-refractivity contribution in [3.05, 3.63) is 11.1 Å². The topological polar surface area (TPSA) is 138 Å². The van der Waals surface area contributed by atoms with Crippen molar-refractivity contribution in [2.24, 2.45) is 17.3 Å². The number of carbonyl (C=O) groups is 2. The number of ether oxygens (including phenoxy) is 2. The number of aliphatic hydroxyl groups excluding tert-OH is 1. The fraction of sp³-hybridized carbons (Fsp3) is 0.760. The third-order valence-electron chi connectivity index (χ3n) is 8.24. The van der Waals surface area contributed by atoms with Crippen molar-refractivity contribution < 1.29 is 28.6 Å². The Hall–Kier alpha value is -2.44. The normalized spacial score (nSPS) is 25.3. The van der Waals surface area contributed by atoms with Crippen LogP contribution in [0.2, 0.25) is 5.28 Å². The van der Waals surface area contributed by atoms with Crippen LogP contribution in [-0.2, 0) is 14.3 Å². The van der Waals surface area contributed by atoms with E-state index >= 15 is 4.39 Å². The molecule has 2 unspecified atom stereocenters. The highest BCUT2D eigenvalue weighted by atomic mass is 35.5. The summed E-state index contributed by atoms with van der Waals surface area (Å²) in [5, 5.41) is 12.9. The molecule has 0 radical (unpaired) electrons. The number of nitrogens with one attached hydrogen (secondary N) is 3. The Kier molecular flexibility index (Phi) is 8.39. The van der Waals surface area contributed by atoms with Gasteiger partial charge in [0.25, 0.3) is 0 Å². The number of hydrogen-bond acceptors (Lipinski definition) is 9. The van der Waals surface area contributed by atoms with E-state index in [9.17, 15) is 14.7 Å². The predicted octanol–water partition coefficient (Wildman–Crippen LogP) is 3.12. The van der Waals surface area contributed by atoms with Crippen molar-refractivity contribution in [3.8, 4) is 0 Å². The maximum atomic E-state index is 15.4. The van der Waals surface area contributed by atoms with Crippen LogP contribution in [0.4, 0.5) is 20.8 Å². The lowest BCUT2D eigenvalue weighted by atomic mass is 9.92. The van der Waals surface area contributed by atoms with Gasteiger partial charge in [-0.05, 0) is 49.6 Å². The molecule has 3 heterocycles. The van der Waals surface area contributed by atoms with Crippen molar-refractivity contribution in [1.82, 2.24) is 20.7 Å². The van der Waals surface area contributed by atoms with Crippen LogP contribution in [0.15, 0.2) is 0 Å². The van der Waals surface area contributed by atoms with Gasteiger partial charge in [0.2, 0.25) is 23.3 Å². The maximum Gasteiger partial charge on any atom is 0.409 e. The second kappa shape index (κ2) is 11.7. The van der Waals surface area contributed by atoms with E-state index in [1.807, 2.05) is 0 Å². The molecule has 0 aromatic carbocycles. The summed E-state index contributed by atoms with van der Waals surface area (Å²) < 4.78 is 26.1. The van der Waals surface area contributed by atoms with Crippen molar-refractivity contribution in [1.29, 1.82) is 0 Å². The molecule has 4 aliphatic rings. The standard InChI is InChI=1S/C25H36ClFN6O5/c26-23-29-20(19(27)21(30-23)33-13-17(34)25(14-33)8-9-25)31-32-22(35)16(11-15-5-1-2-6-15)12-28-24(36)38-18-7-3-4-10-37-18/h15-18,34H,1-14H2,(H,28,36)(H,32,35)(H,29,30,31)/t16-,17?,18?/m1/s1.